The Morgan fingerprint density at radius 1 is 0.852 bits per heavy atom. The van der Waals surface area contributed by atoms with E-state index in [1.54, 1.807) is 24.3 Å². The van der Waals surface area contributed by atoms with Crippen molar-refractivity contribution in [3.63, 3.8) is 0 Å². The first-order valence-electron chi connectivity index (χ1n) is 8.50. The van der Waals surface area contributed by atoms with Crippen LogP contribution in [0.15, 0.2) is 48.8 Å². The molecule has 2 aromatic heterocycles. The normalized spacial score (nSPS) is 11.5. The van der Waals surface area contributed by atoms with Gasteiger partial charge in [0, 0.05) is 64.4 Å². The highest BCUT2D eigenvalue weighted by atomic mass is 16.6. The Morgan fingerprint density at radius 2 is 1.30 bits per heavy atom. The summed E-state index contributed by atoms with van der Waals surface area (Å²) in [5, 5.41) is 23.9. The van der Waals surface area contributed by atoms with Gasteiger partial charge in [-0.3, -0.25) is 20.2 Å². The minimum absolute atomic E-state index is 0.0350. The van der Waals surface area contributed by atoms with Gasteiger partial charge in [-0.25, -0.2) is 0 Å². The number of rotatable bonds is 5. The minimum Gasteiger partial charge on any atom is -0.361 e. The molecule has 0 atom stereocenters. The van der Waals surface area contributed by atoms with Crippen molar-refractivity contribution in [2.75, 3.05) is 0 Å². The van der Waals surface area contributed by atoms with Crippen molar-refractivity contribution < 1.29 is 9.85 Å². The van der Waals surface area contributed by atoms with Crippen LogP contribution in [0.3, 0.4) is 0 Å². The second kappa shape index (κ2) is 6.24. The molecule has 0 saturated heterocycles. The van der Waals surface area contributed by atoms with Crippen LogP contribution < -0.4 is 0 Å². The van der Waals surface area contributed by atoms with Crippen molar-refractivity contribution in [3.8, 4) is 0 Å². The number of fused-ring (bicyclic) bond motifs is 2. The molecule has 2 N–H and O–H groups in total. The van der Waals surface area contributed by atoms with E-state index in [1.807, 2.05) is 19.3 Å². The quantitative estimate of drug-likeness (QED) is 0.382. The lowest BCUT2D eigenvalue weighted by atomic mass is 9.88. The molecule has 2 aromatic carbocycles. The maximum Gasteiger partial charge on any atom is 0.270 e. The van der Waals surface area contributed by atoms with Crippen molar-refractivity contribution in [1.82, 2.24) is 9.97 Å². The number of nitrogens with zero attached hydrogens (tertiary/aromatic N) is 2. The Kier molecular flexibility index (Phi) is 3.88. The summed E-state index contributed by atoms with van der Waals surface area (Å²) >= 11 is 0. The van der Waals surface area contributed by atoms with Crippen LogP contribution in [0, 0.1) is 20.2 Å². The number of aromatic amines is 2. The number of nitrogens with one attached hydrogen (secondary N) is 2. The molecule has 8 nitrogen and oxygen atoms in total. The molecule has 4 aromatic rings. The lowest BCUT2D eigenvalue weighted by molar-refractivity contribution is -0.384. The highest BCUT2D eigenvalue weighted by molar-refractivity contribution is 5.90. The van der Waals surface area contributed by atoms with Crippen LogP contribution in [0.4, 0.5) is 11.4 Å². The molecular weight excluding hydrogens is 348 g/mol. The predicted octanol–water partition coefficient (Wildman–Crippen LogP) is 5.01. The van der Waals surface area contributed by atoms with Crippen molar-refractivity contribution in [2.45, 2.75) is 19.3 Å². The Morgan fingerprint density at radius 3 is 1.67 bits per heavy atom. The molecule has 4 rings (SSSR count). The lowest BCUT2D eigenvalue weighted by Gasteiger charge is -2.14. The number of nitro groups is 2. The molecule has 0 bridgehead atoms. The van der Waals surface area contributed by atoms with E-state index in [9.17, 15) is 20.2 Å². The molecule has 27 heavy (non-hydrogen) atoms. The number of H-pyrrole nitrogens is 2. The third-order valence-corrected chi connectivity index (χ3v) is 4.98. The standard InChI is InChI=1S/C19H16N4O4/c1-2-13(16-9-20-18-5-3-11(22(24)25)7-14(16)18)17-10-21-19-6-4-12(23(26)27)8-15(17)19/h3-10,13,20-21H,2H2,1H3. The number of benzene rings is 2. The SMILES string of the molecule is CCC(c1c[nH]c2ccc([N+](=O)[O-])cc12)c1c[nH]c2ccc([N+](=O)[O-])cc12. The van der Waals surface area contributed by atoms with Crippen LogP contribution in [0.5, 0.6) is 0 Å². The van der Waals surface area contributed by atoms with Crippen molar-refractivity contribution in [1.29, 1.82) is 0 Å². The molecule has 0 fully saturated rings. The summed E-state index contributed by atoms with van der Waals surface area (Å²) in [6.07, 6.45) is 4.46. The third-order valence-electron chi connectivity index (χ3n) is 4.98. The maximum absolute atomic E-state index is 11.1. The third kappa shape index (κ3) is 2.71. The zero-order valence-electron chi connectivity index (χ0n) is 14.4. The van der Waals surface area contributed by atoms with Gasteiger partial charge in [-0.05, 0) is 29.7 Å². The Balaban J connectivity index is 1.90. The van der Waals surface area contributed by atoms with Gasteiger partial charge >= 0.3 is 0 Å². The molecule has 0 radical (unpaired) electrons. The van der Waals surface area contributed by atoms with Crippen LogP contribution in [0.1, 0.15) is 30.4 Å². The van der Waals surface area contributed by atoms with Gasteiger partial charge in [-0.1, -0.05) is 6.92 Å². The second-order valence-electron chi connectivity index (χ2n) is 6.42. The monoisotopic (exact) mass is 364 g/mol. The molecule has 0 saturated carbocycles. The molecule has 8 heteroatoms. The molecule has 0 unspecified atom stereocenters. The molecule has 2 heterocycles. The Hall–Kier alpha value is -3.68. The first kappa shape index (κ1) is 16.8. The molecule has 136 valence electrons. The fourth-order valence-electron chi connectivity index (χ4n) is 3.67. The number of nitro benzene ring substituents is 2. The summed E-state index contributed by atoms with van der Waals surface area (Å²) < 4.78 is 0. The fourth-order valence-corrected chi connectivity index (χ4v) is 3.67. The molecule has 0 spiro atoms. The van der Waals surface area contributed by atoms with Gasteiger partial charge < -0.3 is 9.97 Å². The topological polar surface area (TPSA) is 118 Å². The summed E-state index contributed by atoms with van der Waals surface area (Å²) in [5.41, 5.74) is 3.58. The van der Waals surface area contributed by atoms with E-state index in [2.05, 4.69) is 9.97 Å². The Bertz CT molecular complexity index is 1100. The van der Waals surface area contributed by atoms with E-state index in [4.69, 9.17) is 0 Å². The zero-order valence-corrected chi connectivity index (χ0v) is 14.4. The molecule has 0 aliphatic rings. The van der Waals surface area contributed by atoms with Gasteiger partial charge in [0.15, 0.2) is 0 Å². The van der Waals surface area contributed by atoms with Gasteiger partial charge in [0.2, 0.25) is 0 Å². The molecule has 0 amide bonds. The van der Waals surface area contributed by atoms with E-state index >= 15 is 0 Å². The smallest absolute Gasteiger partial charge is 0.270 e. The van der Waals surface area contributed by atoms with Crippen LogP contribution in [0.25, 0.3) is 21.8 Å². The summed E-state index contributed by atoms with van der Waals surface area (Å²) in [6, 6.07) is 9.48. The molecule has 0 aliphatic heterocycles. The van der Waals surface area contributed by atoms with Gasteiger partial charge in [-0.15, -0.1) is 0 Å². The van der Waals surface area contributed by atoms with Gasteiger partial charge in [0.05, 0.1) is 9.85 Å². The van der Waals surface area contributed by atoms with Crippen LogP contribution in [0.2, 0.25) is 0 Å². The second-order valence-corrected chi connectivity index (χ2v) is 6.42. The van der Waals surface area contributed by atoms with Crippen molar-refractivity contribution in [3.05, 3.63) is 80.1 Å². The largest absolute Gasteiger partial charge is 0.361 e. The highest BCUT2D eigenvalue weighted by Gasteiger charge is 2.22. The Labute approximate surface area is 153 Å². The number of aromatic nitrogens is 2. The van der Waals surface area contributed by atoms with E-state index in [0.29, 0.717) is 0 Å². The summed E-state index contributed by atoms with van der Waals surface area (Å²) in [4.78, 5) is 27.8. The van der Waals surface area contributed by atoms with Gasteiger partial charge in [0.1, 0.15) is 0 Å². The average Bonchev–Trinajstić information content (AvgIpc) is 3.26. The van der Waals surface area contributed by atoms with E-state index in [-0.39, 0.29) is 17.3 Å². The highest BCUT2D eigenvalue weighted by Crippen LogP contribution is 2.38. The fraction of sp³-hybridized carbons (Fsp3) is 0.158. The number of non-ortho nitro benzene ring substituents is 2. The van der Waals surface area contributed by atoms with E-state index in [0.717, 1.165) is 39.4 Å². The van der Waals surface area contributed by atoms with Crippen LogP contribution >= 0.6 is 0 Å². The zero-order chi connectivity index (χ0) is 19.1. The van der Waals surface area contributed by atoms with Crippen LogP contribution in [-0.2, 0) is 0 Å². The van der Waals surface area contributed by atoms with Crippen LogP contribution in [-0.4, -0.2) is 19.8 Å². The number of hydrogen-bond acceptors (Lipinski definition) is 4. The number of hydrogen-bond donors (Lipinski definition) is 2. The van der Waals surface area contributed by atoms with Gasteiger partial charge in [0.25, 0.3) is 11.4 Å². The summed E-state index contributed by atoms with van der Waals surface area (Å²) in [6.45, 7) is 2.02. The lowest BCUT2D eigenvalue weighted by Crippen LogP contribution is -1.98. The van der Waals surface area contributed by atoms with E-state index in [1.165, 1.54) is 12.1 Å². The van der Waals surface area contributed by atoms with Gasteiger partial charge in [-0.2, -0.15) is 0 Å². The van der Waals surface area contributed by atoms with Crippen molar-refractivity contribution >= 4 is 33.2 Å². The average molecular weight is 364 g/mol. The predicted molar refractivity (Wildman–Crippen MR) is 102 cm³/mol. The first-order valence-corrected chi connectivity index (χ1v) is 8.50. The molecular formula is C19H16N4O4. The van der Waals surface area contributed by atoms with E-state index < -0.39 is 9.85 Å². The molecule has 0 aliphatic carbocycles. The maximum atomic E-state index is 11.1. The summed E-state index contributed by atoms with van der Waals surface area (Å²) in [5.74, 6) is -0.0588. The summed E-state index contributed by atoms with van der Waals surface area (Å²) in [7, 11) is 0. The van der Waals surface area contributed by atoms with Crippen molar-refractivity contribution in [2.24, 2.45) is 0 Å². The minimum atomic E-state index is -0.410. The first-order chi connectivity index (χ1) is 13.0.